The Morgan fingerprint density at radius 2 is 2.19 bits per heavy atom. The molecule has 4 heteroatoms. The fraction of sp³-hybridized carbons (Fsp3) is 0.333. The molecule has 0 radical (unpaired) electrons. The summed E-state index contributed by atoms with van der Waals surface area (Å²) < 4.78 is 10.7. The van der Waals surface area contributed by atoms with Crippen LogP contribution < -0.4 is 0 Å². The molecular weight excluding hydrogens is 206 g/mol. The summed E-state index contributed by atoms with van der Waals surface area (Å²) in [5.41, 5.74) is 1.70. The maximum absolute atomic E-state index is 11.0. The monoisotopic (exact) mass is 217 g/mol. The highest BCUT2D eigenvalue weighted by Crippen LogP contribution is 2.23. The van der Waals surface area contributed by atoms with Crippen molar-refractivity contribution in [3.8, 4) is 6.07 Å². The molecule has 0 atom stereocenters. The number of ether oxygens (including phenoxy) is 2. The van der Waals surface area contributed by atoms with E-state index in [1.54, 1.807) is 6.07 Å². The van der Waals surface area contributed by atoms with Crippen LogP contribution in [-0.2, 0) is 20.7 Å². The van der Waals surface area contributed by atoms with E-state index in [2.05, 4.69) is 0 Å². The van der Waals surface area contributed by atoms with Gasteiger partial charge in [0.25, 0.3) is 0 Å². The molecule has 4 nitrogen and oxygen atoms in total. The van der Waals surface area contributed by atoms with Crippen LogP contribution in [0.2, 0.25) is 0 Å². The summed E-state index contributed by atoms with van der Waals surface area (Å²) >= 11 is 0. The number of rotatable bonds is 3. The number of hydrogen-bond acceptors (Lipinski definition) is 4. The third-order valence-electron chi connectivity index (χ3n) is 2.33. The largest absolute Gasteiger partial charge is 0.346 e. The summed E-state index contributed by atoms with van der Waals surface area (Å²) in [6.45, 7) is 1.18. The molecule has 1 aromatic rings. The van der Waals surface area contributed by atoms with E-state index in [1.807, 2.05) is 24.3 Å². The Kier molecular flexibility index (Phi) is 3.30. The van der Waals surface area contributed by atoms with Gasteiger partial charge < -0.3 is 9.47 Å². The molecule has 0 aliphatic carbocycles. The normalized spacial score (nSPS) is 15.9. The van der Waals surface area contributed by atoms with E-state index in [4.69, 9.17) is 14.7 Å². The van der Waals surface area contributed by atoms with Crippen molar-refractivity contribution in [1.82, 2.24) is 0 Å². The second kappa shape index (κ2) is 4.88. The molecular formula is C12H11NO3. The van der Waals surface area contributed by atoms with E-state index in [-0.39, 0.29) is 12.7 Å². The third kappa shape index (κ3) is 2.45. The van der Waals surface area contributed by atoms with Gasteiger partial charge in [0, 0.05) is 12.0 Å². The molecule has 0 N–H and O–H groups in total. The topological polar surface area (TPSA) is 59.3 Å². The standard InChI is InChI=1S/C12H11NO3/c13-8-11(14)7-9-2-1-3-10(6-9)12-15-4-5-16-12/h1-3,6,12H,4-5,7H2. The van der Waals surface area contributed by atoms with Crippen LogP contribution in [0.15, 0.2) is 24.3 Å². The second-order valence-corrected chi connectivity index (χ2v) is 3.53. The van der Waals surface area contributed by atoms with Crippen molar-refractivity contribution >= 4 is 5.78 Å². The van der Waals surface area contributed by atoms with Gasteiger partial charge in [0.2, 0.25) is 5.78 Å². The first kappa shape index (κ1) is 10.8. The van der Waals surface area contributed by atoms with Gasteiger partial charge in [-0.15, -0.1) is 0 Å². The highest BCUT2D eigenvalue weighted by molar-refractivity contribution is 5.94. The molecule has 1 fully saturated rings. The van der Waals surface area contributed by atoms with Crippen LogP contribution in [0.4, 0.5) is 0 Å². The average molecular weight is 217 g/mol. The van der Waals surface area contributed by atoms with Gasteiger partial charge in [0.15, 0.2) is 6.29 Å². The quantitative estimate of drug-likeness (QED) is 0.717. The molecule has 0 bridgehead atoms. The zero-order valence-electron chi connectivity index (χ0n) is 8.68. The Balaban J connectivity index is 2.13. The number of ketones is 1. The zero-order chi connectivity index (χ0) is 11.4. The van der Waals surface area contributed by atoms with Crippen molar-refractivity contribution < 1.29 is 14.3 Å². The lowest BCUT2D eigenvalue weighted by atomic mass is 10.1. The molecule has 0 amide bonds. The highest BCUT2D eigenvalue weighted by atomic mass is 16.7. The van der Waals surface area contributed by atoms with Gasteiger partial charge >= 0.3 is 0 Å². The molecule has 2 rings (SSSR count). The minimum atomic E-state index is -0.439. The van der Waals surface area contributed by atoms with E-state index in [0.29, 0.717) is 13.2 Å². The van der Waals surface area contributed by atoms with Gasteiger partial charge in [-0.2, -0.15) is 5.26 Å². The summed E-state index contributed by atoms with van der Waals surface area (Å²) in [7, 11) is 0. The first-order valence-corrected chi connectivity index (χ1v) is 5.04. The Morgan fingerprint density at radius 1 is 1.44 bits per heavy atom. The third-order valence-corrected chi connectivity index (χ3v) is 2.33. The van der Waals surface area contributed by atoms with Crippen molar-refractivity contribution in [3.63, 3.8) is 0 Å². The molecule has 1 heterocycles. The molecule has 16 heavy (non-hydrogen) atoms. The second-order valence-electron chi connectivity index (χ2n) is 3.53. The van der Waals surface area contributed by atoms with Crippen molar-refractivity contribution in [2.24, 2.45) is 0 Å². The maximum atomic E-state index is 11.0. The summed E-state index contributed by atoms with van der Waals surface area (Å²) in [5, 5.41) is 8.43. The lowest BCUT2D eigenvalue weighted by Crippen LogP contribution is -2.02. The van der Waals surface area contributed by atoms with Crippen LogP contribution in [0.1, 0.15) is 17.4 Å². The highest BCUT2D eigenvalue weighted by Gasteiger charge is 2.18. The van der Waals surface area contributed by atoms with E-state index >= 15 is 0 Å². The van der Waals surface area contributed by atoms with Crippen molar-refractivity contribution in [3.05, 3.63) is 35.4 Å². The SMILES string of the molecule is N#CC(=O)Cc1cccc(C2OCCO2)c1. The fourth-order valence-corrected chi connectivity index (χ4v) is 1.63. The Labute approximate surface area is 93.4 Å². The van der Waals surface area contributed by atoms with Gasteiger partial charge in [0.1, 0.15) is 6.07 Å². The van der Waals surface area contributed by atoms with Crippen LogP contribution in [0.25, 0.3) is 0 Å². The predicted molar refractivity (Wildman–Crippen MR) is 55.4 cm³/mol. The van der Waals surface area contributed by atoms with Gasteiger partial charge in [-0.1, -0.05) is 24.3 Å². The van der Waals surface area contributed by atoms with Crippen LogP contribution in [0.5, 0.6) is 0 Å². The molecule has 0 saturated carbocycles. The molecule has 82 valence electrons. The van der Waals surface area contributed by atoms with Crippen LogP contribution in [-0.4, -0.2) is 19.0 Å². The smallest absolute Gasteiger partial charge is 0.236 e. The van der Waals surface area contributed by atoms with Gasteiger partial charge in [-0.25, -0.2) is 0 Å². The Morgan fingerprint density at radius 3 is 2.88 bits per heavy atom. The summed E-state index contributed by atoms with van der Waals surface area (Å²) in [6, 6.07) is 8.97. The number of nitriles is 1. The van der Waals surface area contributed by atoms with Gasteiger partial charge in [0.05, 0.1) is 13.2 Å². The molecule has 0 unspecified atom stereocenters. The minimum absolute atomic E-state index is 0.136. The first-order valence-electron chi connectivity index (χ1n) is 5.04. The van der Waals surface area contributed by atoms with E-state index in [0.717, 1.165) is 11.1 Å². The number of carbonyl (C=O) groups is 1. The number of hydrogen-bond donors (Lipinski definition) is 0. The Bertz CT molecular complexity index is 430. The van der Waals surface area contributed by atoms with E-state index in [9.17, 15) is 4.79 Å². The lowest BCUT2D eigenvalue weighted by Gasteiger charge is -2.09. The number of benzene rings is 1. The molecule has 1 saturated heterocycles. The van der Waals surface area contributed by atoms with E-state index < -0.39 is 5.78 Å². The van der Waals surface area contributed by atoms with Crippen LogP contribution >= 0.6 is 0 Å². The van der Waals surface area contributed by atoms with Gasteiger partial charge in [-0.05, 0) is 5.56 Å². The van der Waals surface area contributed by atoms with Crippen molar-refractivity contribution in [2.75, 3.05) is 13.2 Å². The van der Waals surface area contributed by atoms with E-state index in [1.165, 1.54) is 0 Å². The van der Waals surface area contributed by atoms with Crippen molar-refractivity contribution in [2.45, 2.75) is 12.7 Å². The summed E-state index contributed by atoms with van der Waals surface area (Å²) in [4.78, 5) is 11.0. The molecule has 0 aromatic heterocycles. The molecule has 1 aliphatic heterocycles. The molecule has 1 aromatic carbocycles. The molecule has 1 aliphatic rings. The average Bonchev–Trinajstić information content (AvgIpc) is 2.83. The number of Topliss-reactive ketones (excluding diaryl/α,β-unsaturated/α-hetero) is 1. The zero-order valence-corrected chi connectivity index (χ0v) is 8.68. The molecule has 0 spiro atoms. The Hall–Kier alpha value is -1.70. The first-order chi connectivity index (χ1) is 7.79. The number of carbonyl (C=O) groups excluding carboxylic acids is 1. The minimum Gasteiger partial charge on any atom is -0.346 e. The maximum Gasteiger partial charge on any atom is 0.236 e. The lowest BCUT2D eigenvalue weighted by molar-refractivity contribution is -0.113. The van der Waals surface area contributed by atoms with Crippen LogP contribution in [0, 0.1) is 11.3 Å². The van der Waals surface area contributed by atoms with Gasteiger partial charge in [-0.3, -0.25) is 4.79 Å². The summed E-state index contributed by atoms with van der Waals surface area (Å²) in [5.74, 6) is -0.439. The predicted octanol–water partition coefficient (Wildman–Crippen LogP) is 1.37. The number of nitrogens with zero attached hydrogens (tertiary/aromatic N) is 1. The van der Waals surface area contributed by atoms with Crippen LogP contribution in [0.3, 0.4) is 0 Å². The fourth-order valence-electron chi connectivity index (χ4n) is 1.63. The van der Waals surface area contributed by atoms with Crippen molar-refractivity contribution in [1.29, 1.82) is 5.26 Å². The summed E-state index contributed by atoms with van der Waals surface area (Å²) in [6.07, 6.45) is -0.200.